The van der Waals surface area contributed by atoms with Crippen LogP contribution in [0.3, 0.4) is 0 Å². The number of alkyl halides is 1. The average Bonchev–Trinajstić information content (AvgIpc) is 3.57. The standard InChI is InChI=1S/C29H27F3N8/c30-20-1-6-26(32)25(15-20)27-16-21(31)19-39(27)29-8-7-28-35-18-24(40(28)36-29)5-3-22-2-4-23(17-34-22)38-13-11-37(10-9-33)12-14-38/h1-8,15,17-18,21,27H,10-14,16,19H2/b5-3+/t21-,27+/m0/s1. The average molecular weight is 545 g/mol. The highest BCUT2D eigenvalue weighted by molar-refractivity contribution is 5.68. The molecule has 5 heterocycles. The Morgan fingerprint density at radius 3 is 2.60 bits per heavy atom. The van der Waals surface area contributed by atoms with Crippen LogP contribution in [0.1, 0.15) is 29.4 Å². The molecule has 1 aromatic carbocycles. The predicted octanol–water partition coefficient (Wildman–Crippen LogP) is 4.51. The molecule has 0 spiro atoms. The Morgan fingerprint density at radius 1 is 0.975 bits per heavy atom. The van der Waals surface area contributed by atoms with E-state index in [0.29, 0.717) is 23.7 Å². The van der Waals surface area contributed by atoms with Crippen molar-refractivity contribution in [1.82, 2.24) is 24.5 Å². The zero-order valence-corrected chi connectivity index (χ0v) is 21.7. The summed E-state index contributed by atoms with van der Waals surface area (Å²) in [6.07, 6.45) is 6.10. The normalized spacial score (nSPS) is 20.1. The van der Waals surface area contributed by atoms with Crippen LogP contribution in [0.5, 0.6) is 0 Å². The molecule has 8 nitrogen and oxygen atoms in total. The summed E-state index contributed by atoms with van der Waals surface area (Å²) >= 11 is 0. The first-order valence-corrected chi connectivity index (χ1v) is 13.2. The fourth-order valence-electron chi connectivity index (χ4n) is 5.37. The first kappa shape index (κ1) is 25.8. The highest BCUT2D eigenvalue weighted by Crippen LogP contribution is 2.38. The van der Waals surface area contributed by atoms with E-state index in [9.17, 15) is 13.2 Å². The van der Waals surface area contributed by atoms with Crippen molar-refractivity contribution in [2.45, 2.75) is 18.6 Å². The van der Waals surface area contributed by atoms with Crippen LogP contribution in [0.15, 0.2) is 54.9 Å². The Labute approximate surface area is 229 Å². The van der Waals surface area contributed by atoms with Gasteiger partial charge in [0.1, 0.15) is 23.6 Å². The van der Waals surface area contributed by atoms with Crippen LogP contribution in [-0.2, 0) is 0 Å². The maximum Gasteiger partial charge on any atom is 0.154 e. The van der Waals surface area contributed by atoms with Crippen molar-refractivity contribution in [3.8, 4) is 6.07 Å². The molecule has 0 aliphatic carbocycles. The highest BCUT2D eigenvalue weighted by atomic mass is 19.1. The minimum absolute atomic E-state index is 0.0304. The van der Waals surface area contributed by atoms with Gasteiger partial charge in [-0.15, -0.1) is 5.10 Å². The van der Waals surface area contributed by atoms with Crippen molar-refractivity contribution in [3.63, 3.8) is 0 Å². The number of pyridine rings is 1. The molecule has 11 heteroatoms. The van der Waals surface area contributed by atoms with Gasteiger partial charge in [0.15, 0.2) is 5.65 Å². The number of fused-ring (bicyclic) bond motifs is 1. The molecule has 6 rings (SSSR count). The molecule has 0 saturated carbocycles. The fraction of sp³-hybridized carbons (Fsp3) is 0.310. The van der Waals surface area contributed by atoms with Gasteiger partial charge in [0.2, 0.25) is 0 Å². The molecular weight excluding hydrogens is 517 g/mol. The molecule has 2 saturated heterocycles. The van der Waals surface area contributed by atoms with Gasteiger partial charge in [0.05, 0.1) is 54.7 Å². The Kier molecular flexibility index (Phi) is 7.09. The molecule has 2 fully saturated rings. The van der Waals surface area contributed by atoms with Gasteiger partial charge >= 0.3 is 0 Å². The number of halogens is 3. The molecular formula is C29H27F3N8. The predicted molar refractivity (Wildman–Crippen MR) is 146 cm³/mol. The molecule has 2 aliphatic rings. The number of benzene rings is 1. The van der Waals surface area contributed by atoms with Gasteiger partial charge in [-0.3, -0.25) is 9.88 Å². The molecule has 204 valence electrons. The van der Waals surface area contributed by atoms with Gasteiger partial charge in [-0.1, -0.05) is 0 Å². The first-order chi connectivity index (χ1) is 19.5. The lowest BCUT2D eigenvalue weighted by Crippen LogP contribution is -2.46. The van der Waals surface area contributed by atoms with E-state index in [-0.39, 0.29) is 18.5 Å². The van der Waals surface area contributed by atoms with E-state index in [2.05, 4.69) is 30.9 Å². The van der Waals surface area contributed by atoms with Crippen LogP contribution in [0, 0.1) is 23.0 Å². The van der Waals surface area contributed by atoms with Gasteiger partial charge in [-0.25, -0.2) is 22.7 Å². The summed E-state index contributed by atoms with van der Waals surface area (Å²) < 4.78 is 44.6. The minimum atomic E-state index is -1.19. The summed E-state index contributed by atoms with van der Waals surface area (Å²) in [5, 5.41) is 13.6. The Morgan fingerprint density at radius 2 is 1.82 bits per heavy atom. The summed E-state index contributed by atoms with van der Waals surface area (Å²) in [6.45, 7) is 3.88. The van der Waals surface area contributed by atoms with Crippen LogP contribution < -0.4 is 9.80 Å². The second-order valence-electron chi connectivity index (χ2n) is 10.0. The lowest BCUT2D eigenvalue weighted by molar-refractivity contribution is 0.287. The number of imidazole rings is 1. The van der Waals surface area contributed by atoms with Gasteiger partial charge in [-0.05, 0) is 54.6 Å². The zero-order chi connectivity index (χ0) is 27.6. The second-order valence-corrected chi connectivity index (χ2v) is 10.0. The van der Waals surface area contributed by atoms with Gasteiger partial charge in [-0.2, -0.15) is 5.26 Å². The van der Waals surface area contributed by atoms with Crippen LogP contribution in [0.2, 0.25) is 0 Å². The van der Waals surface area contributed by atoms with Crippen LogP contribution >= 0.6 is 0 Å². The molecule has 0 bridgehead atoms. The number of rotatable bonds is 6. The maximum absolute atomic E-state index is 14.6. The maximum atomic E-state index is 14.6. The van der Waals surface area contributed by atoms with Gasteiger partial charge < -0.3 is 9.80 Å². The molecule has 0 N–H and O–H groups in total. The van der Waals surface area contributed by atoms with E-state index in [1.807, 2.05) is 30.5 Å². The number of aromatic nitrogens is 4. The summed E-state index contributed by atoms with van der Waals surface area (Å²) in [5.74, 6) is -0.687. The molecule has 3 aromatic heterocycles. The Hall–Kier alpha value is -4.43. The quantitative estimate of drug-likeness (QED) is 0.331. The molecule has 2 aliphatic heterocycles. The van der Waals surface area contributed by atoms with E-state index in [1.54, 1.807) is 27.7 Å². The number of piperazine rings is 1. The third-order valence-corrected chi connectivity index (χ3v) is 7.46. The summed E-state index contributed by atoms with van der Waals surface area (Å²) in [6, 6.07) is 12.3. The van der Waals surface area contributed by atoms with E-state index in [4.69, 9.17) is 5.26 Å². The van der Waals surface area contributed by atoms with Gasteiger partial charge in [0, 0.05) is 38.2 Å². The lowest BCUT2D eigenvalue weighted by atomic mass is 10.0. The number of hydrogen-bond donors (Lipinski definition) is 0. The molecule has 0 amide bonds. The number of nitriles is 1. The van der Waals surface area contributed by atoms with Crippen LogP contribution in [0.25, 0.3) is 17.8 Å². The van der Waals surface area contributed by atoms with E-state index in [1.165, 1.54) is 0 Å². The smallest absolute Gasteiger partial charge is 0.154 e. The van der Waals surface area contributed by atoms with Crippen molar-refractivity contribution >= 4 is 29.3 Å². The number of anilines is 2. The molecule has 4 aromatic rings. The van der Waals surface area contributed by atoms with Crippen molar-refractivity contribution in [3.05, 3.63) is 83.4 Å². The fourth-order valence-corrected chi connectivity index (χ4v) is 5.37. The monoisotopic (exact) mass is 544 g/mol. The third kappa shape index (κ3) is 5.22. The Balaban J connectivity index is 1.20. The largest absolute Gasteiger partial charge is 0.368 e. The van der Waals surface area contributed by atoms with Crippen molar-refractivity contribution < 1.29 is 13.2 Å². The molecule has 40 heavy (non-hydrogen) atoms. The van der Waals surface area contributed by atoms with Gasteiger partial charge in [0.25, 0.3) is 0 Å². The molecule has 2 atom stereocenters. The Bertz CT molecular complexity index is 1570. The van der Waals surface area contributed by atoms with E-state index < -0.39 is 23.8 Å². The minimum Gasteiger partial charge on any atom is -0.368 e. The van der Waals surface area contributed by atoms with Crippen LogP contribution in [-0.4, -0.2) is 69.9 Å². The molecule has 0 unspecified atom stereocenters. The van der Waals surface area contributed by atoms with E-state index in [0.717, 1.165) is 55.8 Å². The third-order valence-electron chi connectivity index (χ3n) is 7.46. The SMILES string of the molecule is N#CCN1CCN(c2ccc(/C=C/c3cnc4ccc(N5C[C@@H](F)C[C@@H]5c5cc(F)ccc5F)nn34)nc2)CC1. The highest BCUT2D eigenvalue weighted by Gasteiger charge is 2.36. The van der Waals surface area contributed by atoms with Crippen molar-refractivity contribution in [1.29, 1.82) is 5.26 Å². The van der Waals surface area contributed by atoms with Crippen molar-refractivity contribution in [2.75, 3.05) is 49.1 Å². The molecule has 0 radical (unpaired) electrons. The second kappa shape index (κ2) is 11.0. The summed E-state index contributed by atoms with van der Waals surface area (Å²) in [7, 11) is 0. The zero-order valence-electron chi connectivity index (χ0n) is 21.7. The van der Waals surface area contributed by atoms with E-state index >= 15 is 0 Å². The van der Waals surface area contributed by atoms with Crippen LogP contribution in [0.4, 0.5) is 24.7 Å². The first-order valence-electron chi connectivity index (χ1n) is 13.2. The van der Waals surface area contributed by atoms with Crippen molar-refractivity contribution in [2.24, 2.45) is 0 Å². The number of hydrogen-bond acceptors (Lipinski definition) is 7. The lowest BCUT2D eigenvalue weighted by Gasteiger charge is -2.34. The summed E-state index contributed by atoms with van der Waals surface area (Å²) in [4.78, 5) is 15.1. The summed E-state index contributed by atoms with van der Waals surface area (Å²) in [5.41, 5.74) is 3.22. The topological polar surface area (TPSA) is 76.6 Å². The number of nitrogens with zero attached hydrogens (tertiary/aromatic N) is 8.